The summed E-state index contributed by atoms with van der Waals surface area (Å²) in [7, 11) is 0. The highest BCUT2D eigenvalue weighted by Gasteiger charge is 2.61. The minimum atomic E-state index is 0.0405. The van der Waals surface area contributed by atoms with E-state index in [-0.39, 0.29) is 29.4 Å². The first kappa shape index (κ1) is 22.6. The average molecular weight is 447 g/mol. The lowest BCUT2D eigenvalue weighted by molar-refractivity contribution is -0.131. The fraction of sp³-hybridized carbons (Fsp3) is 0.786. The zero-order valence-electron chi connectivity index (χ0n) is 20.5. The van der Waals surface area contributed by atoms with Gasteiger partial charge in [-0.25, -0.2) is 4.68 Å². The Bertz CT molecular complexity index is 999. The number of carbonyl (C=O) groups is 1. The largest absolute Gasteiger partial charge is 0.297 e. The van der Waals surface area contributed by atoms with Crippen LogP contribution in [0.3, 0.4) is 0 Å². The fourth-order valence-corrected chi connectivity index (χ4v) is 9.24. The normalized spacial score (nSPS) is 41.8. The molecular formula is C28H38N4O. The monoisotopic (exact) mass is 446 g/mol. The number of rotatable bonds is 4. The summed E-state index contributed by atoms with van der Waals surface area (Å²) in [5.74, 6) is 5.94. The molecule has 1 heterocycles. The maximum atomic E-state index is 13.7. The quantitative estimate of drug-likeness (QED) is 0.591. The van der Waals surface area contributed by atoms with Crippen molar-refractivity contribution in [3.05, 3.63) is 17.5 Å². The second-order valence-corrected chi connectivity index (χ2v) is 12.0. The molecule has 0 radical (unpaired) electrons. The molecule has 0 aromatic carbocycles. The van der Waals surface area contributed by atoms with Crippen LogP contribution in [0.2, 0.25) is 0 Å². The number of ketones is 1. The number of hydrogen-bond donors (Lipinski definition) is 0. The van der Waals surface area contributed by atoms with Gasteiger partial charge in [0.1, 0.15) is 24.4 Å². The number of nitrogens with zero attached hydrogens (tertiary/aromatic N) is 4. The van der Waals surface area contributed by atoms with E-state index < -0.39 is 0 Å². The maximum absolute atomic E-state index is 13.7. The van der Waals surface area contributed by atoms with E-state index in [9.17, 15) is 10.1 Å². The summed E-state index contributed by atoms with van der Waals surface area (Å²) in [4.78, 5) is 13.7. The summed E-state index contributed by atoms with van der Waals surface area (Å²) in [6, 6.07) is 5.57. The molecule has 0 spiro atoms. The van der Waals surface area contributed by atoms with Crippen LogP contribution in [0.5, 0.6) is 0 Å². The molecule has 176 valence electrons. The average Bonchev–Trinajstić information content (AvgIpc) is 3.35. The number of carbonyl (C=O) groups excluding carboxylic acids is 1. The van der Waals surface area contributed by atoms with Gasteiger partial charge in [0.2, 0.25) is 0 Å². The van der Waals surface area contributed by atoms with Crippen molar-refractivity contribution in [2.45, 2.75) is 85.1 Å². The SMILES string of the molecule is CCC1CC(C(=O)Cn2nc(C#N)cc2C#N)C2(C)CCC3C4CCC(C)CC4CCC3C12. The Labute approximate surface area is 198 Å². The molecule has 0 aliphatic heterocycles. The molecule has 5 heteroatoms. The molecule has 5 nitrogen and oxygen atoms in total. The van der Waals surface area contributed by atoms with E-state index in [0.29, 0.717) is 17.5 Å². The van der Waals surface area contributed by atoms with Crippen LogP contribution in [0.1, 0.15) is 89.9 Å². The minimum Gasteiger partial charge on any atom is -0.297 e. The molecule has 5 rings (SSSR count). The Morgan fingerprint density at radius 3 is 2.64 bits per heavy atom. The van der Waals surface area contributed by atoms with Gasteiger partial charge in [0.25, 0.3) is 0 Å². The van der Waals surface area contributed by atoms with Gasteiger partial charge in [-0.3, -0.25) is 4.79 Å². The summed E-state index contributed by atoms with van der Waals surface area (Å²) in [5, 5.41) is 22.8. The number of fused-ring (bicyclic) bond motifs is 5. The van der Waals surface area contributed by atoms with E-state index in [1.807, 2.05) is 6.07 Å². The summed E-state index contributed by atoms with van der Waals surface area (Å²) < 4.78 is 1.46. The first-order valence-electron chi connectivity index (χ1n) is 13.3. The van der Waals surface area contributed by atoms with Crippen molar-refractivity contribution in [1.82, 2.24) is 9.78 Å². The van der Waals surface area contributed by atoms with Gasteiger partial charge in [0.05, 0.1) is 0 Å². The van der Waals surface area contributed by atoms with Gasteiger partial charge in [0.15, 0.2) is 11.5 Å². The zero-order valence-corrected chi connectivity index (χ0v) is 20.5. The minimum absolute atomic E-state index is 0.0405. The Morgan fingerprint density at radius 2 is 1.91 bits per heavy atom. The summed E-state index contributed by atoms with van der Waals surface area (Å²) in [6.45, 7) is 7.29. The molecule has 0 saturated heterocycles. The standard InChI is InChI=1S/C28H38N4O/c1-4-18-12-25(26(33)16-32-21(15-30)13-20(14-29)31-32)28(3)10-9-23-22-7-5-17(2)11-19(22)6-8-24(23)27(18)28/h13,17-19,22-25,27H,4-12,16H2,1-3H3. The van der Waals surface area contributed by atoms with Crippen molar-refractivity contribution in [1.29, 1.82) is 10.5 Å². The van der Waals surface area contributed by atoms with E-state index in [1.54, 1.807) is 0 Å². The molecule has 4 saturated carbocycles. The lowest BCUT2D eigenvalue weighted by Gasteiger charge is -2.57. The molecule has 0 N–H and O–H groups in total. The summed E-state index contributed by atoms with van der Waals surface area (Å²) in [6.07, 6.45) is 11.6. The molecule has 4 aliphatic rings. The van der Waals surface area contributed by atoms with Crippen LogP contribution >= 0.6 is 0 Å². The van der Waals surface area contributed by atoms with E-state index in [0.717, 1.165) is 48.9 Å². The smallest absolute Gasteiger partial charge is 0.163 e. The van der Waals surface area contributed by atoms with Crippen LogP contribution in [0.4, 0.5) is 0 Å². The first-order chi connectivity index (χ1) is 15.9. The molecule has 9 unspecified atom stereocenters. The number of nitriles is 2. The molecule has 9 atom stereocenters. The zero-order chi connectivity index (χ0) is 23.3. The van der Waals surface area contributed by atoms with E-state index in [2.05, 4.69) is 31.9 Å². The van der Waals surface area contributed by atoms with Gasteiger partial charge < -0.3 is 0 Å². The van der Waals surface area contributed by atoms with Crippen LogP contribution in [-0.4, -0.2) is 15.6 Å². The van der Waals surface area contributed by atoms with Gasteiger partial charge >= 0.3 is 0 Å². The molecule has 4 fully saturated rings. The van der Waals surface area contributed by atoms with Gasteiger partial charge in [-0.05, 0) is 91.8 Å². The summed E-state index contributed by atoms with van der Waals surface area (Å²) >= 11 is 0. The van der Waals surface area contributed by atoms with Crippen LogP contribution in [0.15, 0.2) is 6.07 Å². The topological polar surface area (TPSA) is 82.5 Å². The second-order valence-electron chi connectivity index (χ2n) is 12.0. The van der Waals surface area contributed by atoms with Crippen molar-refractivity contribution in [3.63, 3.8) is 0 Å². The van der Waals surface area contributed by atoms with Gasteiger partial charge in [0, 0.05) is 12.0 Å². The van der Waals surface area contributed by atoms with Crippen molar-refractivity contribution >= 4 is 5.78 Å². The lowest BCUT2D eigenvalue weighted by atomic mass is 9.48. The second kappa shape index (κ2) is 8.57. The number of hydrogen-bond acceptors (Lipinski definition) is 4. The predicted molar refractivity (Wildman–Crippen MR) is 126 cm³/mol. The third kappa shape index (κ3) is 3.63. The van der Waals surface area contributed by atoms with Crippen molar-refractivity contribution < 1.29 is 4.79 Å². The van der Waals surface area contributed by atoms with Crippen molar-refractivity contribution in [2.75, 3.05) is 0 Å². The Balaban J connectivity index is 1.39. The Kier molecular flexibility index (Phi) is 5.88. The third-order valence-electron chi connectivity index (χ3n) is 10.6. The molecule has 1 aromatic rings. The molecule has 1 aromatic heterocycles. The molecule has 33 heavy (non-hydrogen) atoms. The highest BCUT2D eigenvalue weighted by atomic mass is 16.1. The highest BCUT2D eigenvalue weighted by Crippen LogP contribution is 2.66. The molecular weight excluding hydrogens is 408 g/mol. The van der Waals surface area contributed by atoms with Gasteiger partial charge in [-0.2, -0.15) is 15.6 Å². The Morgan fingerprint density at radius 1 is 1.12 bits per heavy atom. The third-order valence-corrected chi connectivity index (χ3v) is 10.6. The van der Waals surface area contributed by atoms with Crippen LogP contribution in [0, 0.1) is 75.4 Å². The molecule has 0 bridgehead atoms. The lowest BCUT2D eigenvalue weighted by Crippen LogP contribution is -2.50. The number of aromatic nitrogens is 2. The van der Waals surface area contributed by atoms with Gasteiger partial charge in [-0.1, -0.05) is 33.6 Å². The molecule has 0 amide bonds. The Hall–Kier alpha value is -2.14. The van der Waals surface area contributed by atoms with E-state index in [1.165, 1.54) is 49.3 Å². The maximum Gasteiger partial charge on any atom is 0.163 e. The molecule has 4 aliphatic carbocycles. The van der Waals surface area contributed by atoms with Gasteiger partial charge in [-0.15, -0.1) is 0 Å². The predicted octanol–water partition coefficient (Wildman–Crippen LogP) is 5.74. The van der Waals surface area contributed by atoms with Crippen molar-refractivity contribution in [3.8, 4) is 12.1 Å². The summed E-state index contributed by atoms with van der Waals surface area (Å²) in [5.41, 5.74) is 0.576. The van der Waals surface area contributed by atoms with Crippen LogP contribution < -0.4 is 0 Å². The van der Waals surface area contributed by atoms with Crippen LogP contribution in [-0.2, 0) is 11.3 Å². The highest BCUT2D eigenvalue weighted by molar-refractivity contribution is 5.82. The van der Waals surface area contributed by atoms with E-state index in [4.69, 9.17) is 5.26 Å². The van der Waals surface area contributed by atoms with Crippen LogP contribution in [0.25, 0.3) is 0 Å². The van der Waals surface area contributed by atoms with E-state index >= 15 is 0 Å². The first-order valence-corrected chi connectivity index (χ1v) is 13.3. The van der Waals surface area contributed by atoms with Crippen molar-refractivity contribution in [2.24, 2.45) is 52.8 Å². The number of Topliss-reactive ketones (excluding diaryl/α,β-unsaturated/α-hetero) is 1. The fourth-order valence-electron chi connectivity index (χ4n) is 9.24.